The molecule has 1 aromatic rings. The summed E-state index contributed by atoms with van der Waals surface area (Å²) in [5, 5.41) is 7.73. The number of ether oxygens (including phenoxy) is 1. The Morgan fingerprint density at radius 2 is 2.39 bits per heavy atom. The predicted octanol–water partition coefficient (Wildman–Crippen LogP) is 2.28. The second kappa shape index (κ2) is 5.41. The molecule has 0 aromatic carbocycles. The van der Waals surface area contributed by atoms with Crippen LogP contribution in [0.15, 0.2) is 12.3 Å². The maximum atomic E-state index is 5.98. The highest BCUT2D eigenvalue weighted by atomic mass is 16.5. The van der Waals surface area contributed by atoms with Crippen LogP contribution in [0.1, 0.15) is 44.3 Å². The number of nitrogens with zero attached hydrogens (tertiary/aromatic N) is 2. The maximum Gasteiger partial charge on any atom is 0.0890 e. The molecule has 1 aliphatic rings. The Kier molecular flexibility index (Phi) is 4.07. The molecule has 0 saturated heterocycles. The third kappa shape index (κ3) is 2.31. The van der Waals surface area contributed by atoms with Gasteiger partial charge in [0.15, 0.2) is 0 Å². The molecule has 0 amide bonds. The van der Waals surface area contributed by atoms with Crippen molar-refractivity contribution >= 4 is 0 Å². The fraction of sp³-hybridized carbons (Fsp3) is 0.786. The number of hydrogen-bond acceptors (Lipinski definition) is 3. The van der Waals surface area contributed by atoms with Gasteiger partial charge >= 0.3 is 0 Å². The van der Waals surface area contributed by atoms with Gasteiger partial charge in [0.25, 0.3) is 0 Å². The van der Waals surface area contributed by atoms with Crippen molar-refractivity contribution < 1.29 is 4.74 Å². The van der Waals surface area contributed by atoms with Gasteiger partial charge in [0.05, 0.1) is 17.3 Å². The lowest BCUT2D eigenvalue weighted by Crippen LogP contribution is -2.48. The van der Waals surface area contributed by atoms with Gasteiger partial charge in [0.2, 0.25) is 0 Å². The van der Waals surface area contributed by atoms with Gasteiger partial charge in [-0.2, -0.15) is 5.10 Å². The van der Waals surface area contributed by atoms with E-state index < -0.39 is 0 Å². The Hall–Kier alpha value is -0.870. The first kappa shape index (κ1) is 13.6. The summed E-state index contributed by atoms with van der Waals surface area (Å²) < 4.78 is 7.92. The smallest absolute Gasteiger partial charge is 0.0890 e. The fourth-order valence-electron chi connectivity index (χ4n) is 3.46. The van der Waals surface area contributed by atoms with Gasteiger partial charge in [-0.3, -0.25) is 4.68 Å². The van der Waals surface area contributed by atoms with Crippen LogP contribution in [0.2, 0.25) is 0 Å². The lowest BCUT2D eigenvalue weighted by molar-refractivity contribution is -0.0806. The van der Waals surface area contributed by atoms with Gasteiger partial charge < -0.3 is 10.1 Å². The third-order valence-electron chi connectivity index (χ3n) is 4.37. The van der Waals surface area contributed by atoms with Crippen molar-refractivity contribution in [1.82, 2.24) is 15.1 Å². The van der Waals surface area contributed by atoms with E-state index in [9.17, 15) is 0 Å². The summed E-state index contributed by atoms with van der Waals surface area (Å²) in [6.07, 6.45) is 6.64. The van der Waals surface area contributed by atoms with E-state index in [0.29, 0.717) is 0 Å². The molecule has 1 fully saturated rings. The minimum absolute atomic E-state index is 0.0970. The van der Waals surface area contributed by atoms with Gasteiger partial charge in [-0.05, 0) is 31.9 Å². The molecule has 1 aliphatic carbocycles. The summed E-state index contributed by atoms with van der Waals surface area (Å²) in [5.74, 6) is 0.725. The van der Waals surface area contributed by atoms with Crippen LogP contribution in [0, 0.1) is 5.92 Å². The van der Waals surface area contributed by atoms with Crippen LogP contribution in [0.5, 0.6) is 0 Å². The molecule has 2 rings (SSSR count). The number of aryl methyl sites for hydroxylation is 1. The van der Waals surface area contributed by atoms with Crippen molar-refractivity contribution in [2.75, 3.05) is 14.2 Å². The SMILES string of the molecule is CNC(c1ccnn1C)C1(OC)CCCC(C)C1. The van der Waals surface area contributed by atoms with Crippen LogP contribution in [-0.4, -0.2) is 29.5 Å². The average Bonchev–Trinajstić information content (AvgIpc) is 2.77. The second-order valence-corrected chi connectivity index (χ2v) is 5.57. The first-order valence-electron chi connectivity index (χ1n) is 6.83. The third-order valence-corrected chi connectivity index (χ3v) is 4.37. The van der Waals surface area contributed by atoms with Crippen LogP contribution >= 0.6 is 0 Å². The van der Waals surface area contributed by atoms with E-state index in [1.807, 2.05) is 32.1 Å². The monoisotopic (exact) mass is 251 g/mol. The summed E-state index contributed by atoms with van der Waals surface area (Å²) in [4.78, 5) is 0. The summed E-state index contributed by atoms with van der Waals surface area (Å²) in [7, 11) is 5.85. The lowest BCUT2D eigenvalue weighted by Gasteiger charge is -2.44. The molecule has 4 heteroatoms. The first-order chi connectivity index (χ1) is 8.63. The van der Waals surface area contributed by atoms with E-state index in [4.69, 9.17) is 4.74 Å². The number of methoxy groups -OCH3 is 1. The second-order valence-electron chi connectivity index (χ2n) is 5.57. The van der Waals surface area contributed by atoms with Crippen molar-refractivity contribution in [3.63, 3.8) is 0 Å². The molecular formula is C14H25N3O. The van der Waals surface area contributed by atoms with E-state index in [1.54, 1.807) is 0 Å². The summed E-state index contributed by atoms with van der Waals surface area (Å²) >= 11 is 0. The highest BCUT2D eigenvalue weighted by Crippen LogP contribution is 2.42. The number of hydrogen-bond donors (Lipinski definition) is 1. The van der Waals surface area contributed by atoms with Crippen LogP contribution in [0.4, 0.5) is 0 Å². The van der Waals surface area contributed by atoms with Gasteiger partial charge in [-0.25, -0.2) is 0 Å². The molecule has 0 bridgehead atoms. The van der Waals surface area contributed by atoms with Gasteiger partial charge in [-0.15, -0.1) is 0 Å². The van der Waals surface area contributed by atoms with Crippen molar-refractivity contribution in [3.05, 3.63) is 18.0 Å². The van der Waals surface area contributed by atoms with Crippen LogP contribution in [0.25, 0.3) is 0 Å². The summed E-state index contributed by atoms with van der Waals surface area (Å²) in [6, 6.07) is 2.29. The molecule has 0 spiro atoms. The zero-order valence-corrected chi connectivity index (χ0v) is 11.9. The maximum absolute atomic E-state index is 5.98. The van der Waals surface area contributed by atoms with Crippen LogP contribution in [0.3, 0.4) is 0 Å². The zero-order valence-electron chi connectivity index (χ0n) is 11.9. The summed E-state index contributed by atoms with van der Waals surface area (Å²) in [5.41, 5.74) is 1.11. The molecule has 18 heavy (non-hydrogen) atoms. The topological polar surface area (TPSA) is 39.1 Å². The molecule has 102 valence electrons. The first-order valence-corrected chi connectivity index (χ1v) is 6.83. The molecular weight excluding hydrogens is 226 g/mol. The number of aromatic nitrogens is 2. The molecule has 1 N–H and O–H groups in total. The Bertz CT molecular complexity index is 390. The Morgan fingerprint density at radius 1 is 1.61 bits per heavy atom. The normalized spacial score (nSPS) is 30.3. The standard InChI is InChI=1S/C14H25N3O/c1-11-6-5-8-14(10-11,18-4)13(15-2)12-7-9-16-17(12)3/h7,9,11,13,15H,5-6,8,10H2,1-4H3. The van der Waals surface area contributed by atoms with Gasteiger partial charge in [0, 0.05) is 20.4 Å². The molecule has 1 saturated carbocycles. The summed E-state index contributed by atoms with van der Waals surface area (Å²) in [6.45, 7) is 2.32. The van der Waals surface area contributed by atoms with E-state index in [0.717, 1.165) is 18.8 Å². The van der Waals surface area contributed by atoms with Crippen LogP contribution < -0.4 is 5.32 Å². The molecule has 3 atom stereocenters. The zero-order chi connectivity index (χ0) is 13.2. The Balaban J connectivity index is 2.32. The number of likely N-dealkylation sites (N-methyl/N-ethyl adjacent to an activating group) is 1. The van der Waals surface area contributed by atoms with Gasteiger partial charge in [-0.1, -0.05) is 19.8 Å². The molecule has 3 unspecified atom stereocenters. The largest absolute Gasteiger partial charge is 0.376 e. The van der Waals surface area contributed by atoms with Crippen molar-refractivity contribution in [2.24, 2.45) is 13.0 Å². The Labute approximate surface area is 110 Å². The minimum Gasteiger partial charge on any atom is -0.376 e. The minimum atomic E-state index is -0.0970. The molecule has 0 radical (unpaired) electrons. The van der Waals surface area contributed by atoms with E-state index in [-0.39, 0.29) is 11.6 Å². The molecule has 0 aliphatic heterocycles. The molecule has 1 heterocycles. The van der Waals surface area contributed by atoms with Gasteiger partial charge in [0.1, 0.15) is 0 Å². The highest BCUT2D eigenvalue weighted by Gasteiger charge is 2.43. The number of nitrogens with one attached hydrogen (secondary N) is 1. The van der Waals surface area contributed by atoms with E-state index in [2.05, 4.69) is 23.4 Å². The predicted molar refractivity (Wildman–Crippen MR) is 72.4 cm³/mol. The lowest BCUT2D eigenvalue weighted by atomic mass is 9.73. The molecule has 4 nitrogen and oxygen atoms in total. The highest BCUT2D eigenvalue weighted by molar-refractivity contribution is 5.14. The van der Waals surface area contributed by atoms with Crippen LogP contribution in [-0.2, 0) is 11.8 Å². The van der Waals surface area contributed by atoms with E-state index in [1.165, 1.54) is 18.5 Å². The number of rotatable bonds is 4. The molecule has 1 aromatic heterocycles. The van der Waals surface area contributed by atoms with Crippen molar-refractivity contribution in [2.45, 2.75) is 44.2 Å². The van der Waals surface area contributed by atoms with Crippen molar-refractivity contribution in [1.29, 1.82) is 0 Å². The quantitative estimate of drug-likeness (QED) is 0.892. The Morgan fingerprint density at radius 3 is 2.89 bits per heavy atom. The van der Waals surface area contributed by atoms with Crippen molar-refractivity contribution in [3.8, 4) is 0 Å². The van der Waals surface area contributed by atoms with E-state index >= 15 is 0 Å². The fourth-order valence-corrected chi connectivity index (χ4v) is 3.46. The average molecular weight is 251 g/mol.